The summed E-state index contributed by atoms with van der Waals surface area (Å²) in [5.41, 5.74) is 5.25. The van der Waals surface area contributed by atoms with Gasteiger partial charge in [0.1, 0.15) is 5.75 Å². The van der Waals surface area contributed by atoms with Gasteiger partial charge in [-0.15, -0.1) is 0 Å². The lowest BCUT2D eigenvalue weighted by atomic mass is 10.1. The van der Waals surface area contributed by atoms with Gasteiger partial charge in [0.2, 0.25) is 0 Å². The van der Waals surface area contributed by atoms with Gasteiger partial charge < -0.3 is 15.4 Å². The molecule has 3 N–H and O–H groups in total. The number of ether oxygens (including phenoxy) is 1. The molecule has 0 saturated heterocycles. The fourth-order valence-corrected chi connectivity index (χ4v) is 3.22. The number of halogens is 2. The monoisotopic (exact) mass is 512 g/mol. The molecule has 180 valence electrons. The number of carbonyl (C=O) groups is 3. The highest BCUT2D eigenvalue weighted by Crippen LogP contribution is 2.25. The Balaban J connectivity index is 1.40. The molecule has 3 aromatic rings. The van der Waals surface area contributed by atoms with Gasteiger partial charge in [0.15, 0.2) is 6.61 Å². The first-order chi connectivity index (χ1) is 16.8. The third-order valence-electron chi connectivity index (χ3n) is 4.61. The lowest BCUT2D eigenvalue weighted by Gasteiger charge is -2.09. The van der Waals surface area contributed by atoms with E-state index in [0.29, 0.717) is 27.0 Å². The van der Waals surface area contributed by atoms with E-state index < -0.39 is 11.8 Å². The number of aryl methyl sites for hydroxylation is 1. The summed E-state index contributed by atoms with van der Waals surface area (Å²) in [5.74, 6) is -1.59. The molecule has 8 nitrogen and oxygen atoms in total. The number of rotatable bonds is 8. The minimum Gasteiger partial charge on any atom is -0.484 e. The average molecular weight is 513 g/mol. The van der Waals surface area contributed by atoms with Gasteiger partial charge in [-0.3, -0.25) is 14.4 Å². The van der Waals surface area contributed by atoms with E-state index in [2.05, 4.69) is 21.2 Å². The van der Waals surface area contributed by atoms with Gasteiger partial charge in [0, 0.05) is 11.6 Å². The molecule has 0 aliphatic rings. The number of benzene rings is 3. The van der Waals surface area contributed by atoms with E-state index in [1.165, 1.54) is 12.3 Å². The molecule has 0 aliphatic carbocycles. The Bertz CT molecular complexity index is 1230. The quantitative estimate of drug-likeness (QED) is 0.240. The van der Waals surface area contributed by atoms with Crippen molar-refractivity contribution in [2.75, 3.05) is 11.9 Å². The predicted molar refractivity (Wildman–Crippen MR) is 136 cm³/mol. The number of anilines is 1. The Morgan fingerprint density at radius 2 is 1.66 bits per heavy atom. The highest BCUT2D eigenvalue weighted by atomic mass is 35.5. The summed E-state index contributed by atoms with van der Waals surface area (Å²) in [7, 11) is 0. The highest BCUT2D eigenvalue weighted by molar-refractivity contribution is 6.36. The molecule has 0 fully saturated rings. The van der Waals surface area contributed by atoms with Gasteiger partial charge in [0.05, 0.1) is 16.9 Å². The van der Waals surface area contributed by atoms with E-state index in [4.69, 9.17) is 27.9 Å². The van der Waals surface area contributed by atoms with Crippen LogP contribution in [0.3, 0.4) is 0 Å². The molecule has 10 heteroatoms. The zero-order valence-corrected chi connectivity index (χ0v) is 20.2. The fraction of sp³-hybridized carbons (Fsp3) is 0.120. The summed E-state index contributed by atoms with van der Waals surface area (Å²) in [4.78, 5) is 35.8. The summed E-state index contributed by atoms with van der Waals surface area (Å²) in [5, 5.41) is 9.74. The molecular formula is C25H22Cl2N4O4. The summed E-state index contributed by atoms with van der Waals surface area (Å²) in [6, 6.07) is 19.0. The van der Waals surface area contributed by atoms with Gasteiger partial charge in [-0.25, -0.2) is 5.43 Å². The SMILES string of the molecule is Cc1ccc(CNC(=O)C(=O)N/N=C\c2ccc(OCC(=O)Nc3ccc(Cl)cc3Cl)cc2)cc1. The molecule has 0 bridgehead atoms. The van der Waals surface area contributed by atoms with Crippen molar-refractivity contribution in [2.45, 2.75) is 13.5 Å². The van der Waals surface area contributed by atoms with Crippen molar-refractivity contribution < 1.29 is 19.1 Å². The highest BCUT2D eigenvalue weighted by Gasteiger charge is 2.12. The van der Waals surface area contributed by atoms with Crippen LogP contribution in [-0.4, -0.2) is 30.5 Å². The van der Waals surface area contributed by atoms with E-state index in [-0.39, 0.29) is 19.1 Å². The second-order valence-electron chi connectivity index (χ2n) is 7.40. The van der Waals surface area contributed by atoms with Crippen molar-refractivity contribution in [1.29, 1.82) is 0 Å². The summed E-state index contributed by atoms with van der Waals surface area (Å²) in [6.45, 7) is 1.98. The molecule has 3 amide bonds. The molecule has 0 atom stereocenters. The van der Waals surface area contributed by atoms with Gasteiger partial charge in [-0.2, -0.15) is 5.10 Å². The molecule has 0 radical (unpaired) electrons. The van der Waals surface area contributed by atoms with E-state index in [1.54, 1.807) is 36.4 Å². The van der Waals surface area contributed by atoms with E-state index in [9.17, 15) is 14.4 Å². The van der Waals surface area contributed by atoms with E-state index in [1.807, 2.05) is 31.2 Å². The Kier molecular flexibility index (Phi) is 9.23. The second kappa shape index (κ2) is 12.5. The van der Waals surface area contributed by atoms with Crippen LogP contribution in [0.1, 0.15) is 16.7 Å². The molecule has 35 heavy (non-hydrogen) atoms. The van der Waals surface area contributed by atoms with Crippen LogP contribution in [-0.2, 0) is 20.9 Å². The molecule has 0 heterocycles. The maximum Gasteiger partial charge on any atom is 0.329 e. The van der Waals surface area contributed by atoms with Crippen molar-refractivity contribution in [1.82, 2.24) is 10.7 Å². The first kappa shape index (κ1) is 25.7. The first-order valence-corrected chi connectivity index (χ1v) is 11.2. The second-order valence-corrected chi connectivity index (χ2v) is 8.24. The molecule has 0 aromatic heterocycles. The Morgan fingerprint density at radius 3 is 2.34 bits per heavy atom. The van der Waals surface area contributed by atoms with E-state index >= 15 is 0 Å². The van der Waals surface area contributed by atoms with Gasteiger partial charge in [-0.05, 0) is 60.5 Å². The van der Waals surface area contributed by atoms with Crippen molar-refractivity contribution in [3.8, 4) is 5.75 Å². The third-order valence-corrected chi connectivity index (χ3v) is 5.16. The minimum absolute atomic E-state index is 0.222. The average Bonchev–Trinajstić information content (AvgIpc) is 2.84. The molecule has 3 aromatic carbocycles. The first-order valence-electron chi connectivity index (χ1n) is 10.4. The van der Waals surface area contributed by atoms with Crippen LogP contribution in [0.2, 0.25) is 10.0 Å². The van der Waals surface area contributed by atoms with E-state index in [0.717, 1.165) is 11.1 Å². The van der Waals surface area contributed by atoms with Crippen LogP contribution in [0.15, 0.2) is 71.8 Å². The van der Waals surface area contributed by atoms with Gasteiger partial charge >= 0.3 is 11.8 Å². The zero-order chi connectivity index (χ0) is 25.2. The number of carbonyl (C=O) groups excluding carboxylic acids is 3. The summed E-state index contributed by atoms with van der Waals surface area (Å²) < 4.78 is 5.45. The van der Waals surface area contributed by atoms with Crippen LogP contribution in [0.5, 0.6) is 5.75 Å². The number of nitrogens with one attached hydrogen (secondary N) is 3. The number of hydrogen-bond donors (Lipinski definition) is 3. The maximum atomic E-state index is 12.1. The smallest absolute Gasteiger partial charge is 0.329 e. The summed E-state index contributed by atoms with van der Waals surface area (Å²) in [6.07, 6.45) is 1.38. The van der Waals surface area contributed by atoms with Crippen LogP contribution in [0.25, 0.3) is 0 Å². The lowest BCUT2D eigenvalue weighted by molar-refractivity contribution is -0.139. The number of nitrogens with zero attached hydrogens (tertiary/aromatic N) is 1. The molecule has 0 unspecified atom stereocenters. The molecule has 0 spiro atoms. The maximum absolute atomic E-state index is 12.1. The molecule has 0 saturated carbocycles. The topological polar surface area (TPSA) is 109 Å². The normalized spacial score (nSPS) is 10.6. The predicted octanol–water partition coefficient (Wildman–Crippen LogP) is 4.09. The number of hydrogen-bond acceptors (Lipinski definition) is 5. The van der Waals surface area contributed by atoms with Gasteiger partial charge in [-0.1, -0.05) is 53.0 Å². The molecule has 0 aliphatic heterocycles. The lowest BCUT2D eigenvalue weighted by Crippen LogP contribution is -2.37. The Labute approximate surface area is 212 Å². The van der Waals surface area contributed by atoms with Crippen molar-refractivity contribution in [3.05, 3.63) is 93.5 Å². The standard InChI is InChI=1S/C25H22Cl2N4O4/c1-16-2-4-17(5-3-16)13-28-24(33)25(34)31-29-14-18-6-9-20(10-7-18)35-15-23(32)30-22-11-8-19(26)12-21(22)27/h2-12,14H,13,15H2,1H3,(H,28,33)(H,30,32)(H,31,34)/b29-14-. The van der Waals surface area contributed by atoms with Gasteiger partial charge in [0.25, 0.3) is 5.91 Å². The van der Waals surface area contributed by atoms with Crippen LogP contribution in [0, 0.1) is 6.92 Å². The van der Waals surface area contributed by atoms with Crippen molar-refractivity contribution in [3.63, 3.8) is 0 Å². The fourth-order valence-electron chi connectivity index (χ4n) is 2.76. The van der Waals surface area contributed by atoms with Crippen LogP contribution >= 0.6 is 23.2 Å². The Hall–Kier alpha value is -3.88. The van der Waals surface area contributed by atoms with Crippen molar-refractivity contribution >= 4 is 52.8 Å². The Morgan fingerprint density at radius 1 is 0.943 bits per heavy atom. The summed E-state index contributed by atoms with van der Waals surface area (Å²) >= 11 is 11.9. The third kappa shape index (κ3) is 8.44. The number of hydrazone groups is 1. The van der Waals surface area contributed by atoms with Crippen LogP contribution < -0.4 is 20.8 Å². The minimum atomic E-state index is -0.875. The molecular weight excluding hydrogens is 491 g/mol. The van der Waals surface area contributed by atoms with Crippen molar-refractivity contribution in [2.24, 2.45) is 5.10 Å². The zero-order valence-electron chi connectivity index (χ0n) is 18.7. The van der Waals surface area contributed by atoms with Crippen LogP contribution in [0.4, 0.5) is 5.69 Å². The molecule has 3 rings (SSSR count). The largest absolute Gasteiger partial charge is 0.484 e. The number of amides is 3.